The van der Waals surface area contributed by atoms with Gasteiger partial charge in [0.05, 0.1) is 23.4 Å². The molecule has 0 saturated heterocycles. The number of benzene rings is 2. The first-order valence-electron chi connectivity index (χ1n) is 8.46. The van der Waals surface area contributed by atoms with Gasteiger partial charge in [0.15, 0.2) is 10.6 Å². The van der Waals surface area contributed by atoms with Gasteiger partial charge in [-0.3, -0.25) is 10.1 Å². The van der Waals surface area contributed by atoms with Crippen molar-refractivity contribution in [2.45, 2.75) is 6.54 Å². The third-order valence-corrected chi connectivity index (χ3v) is 5.03. The second kappa shape index (κ2) is 7.80. The van der Waals surface area contributed by atoms with E-state index in [1.807, 2.05) is 0 Å². The molecule has 0 saturated carbocycles. The highest BCUT2D eigenvalue weighted by Gasteiger charge is 2.14. The first kappa shape index (κ1) is 18.8. The molecule has 0 atom stereocenters. The minimum absolute atomic E-state index is 0.00737. The fraction of sp³-hybridized carbons (Fsp3) is 0.0500. The molecule has 2 heterocycles. The molecule has 0 amide bonds. The van der Waals surface area contributed by atoms with Crippen molar-refractivity contribution in [3.05, 3.63) is 98.6 Å². The number of furan rings is 1. The largest absolute Gasteiger partial charge is 0.467 e. The predicted molar refractivity (Wildman–Crippen MR) is 104 cm³/mol. The number of hydrogen-bond donors (Lipinski definition) is 0. The lowest BCUT2D eigenvalue weighted by Crippen LogP contribution is -2.16. The Morgan fingerprint density at radius 2 is 2.00 bits per heavy atom. The molecule has 0 unspecified atom stereocenters. The summed E-state index contributed by atoms with van der Waals surface area (Å²) in [5.41, 5.74) is 1.23. The monoisotopic (exact) mass is 413 g/mol. The van der Waals surface area contributed by atoms with Gasteiger partial charge in [0, 0.05) is 29.1 Å². The molecule has 0 spiro atoms. The first-order chi connectivity index (χ1) is 14.0. The molecule has 4 aromatic rings. The quantitative estimate of drug-likeness (QED) is 0.330. The van der Waals surface area contributed by atoms with E-state index in [0.29, 0.717) is 21.8 Å². The highest BCUT2D eigenvalue weighted by Crippen LogP contribution is 2.26. The van der Waals surface area contributed by atoms with Gasteiger partial charge in [-0.1, -0.05) is 12.1 Å². The van der Waals surface area contributed by atoms with Crippen molar-refractivity contribution in [1.82, 2.24) is 4.57 Å². The summed E-state index contributed by atoms with van der Waals surface area (Å²) >= 11 is 1.24. The van der Waals surface area contributed by atoms with Gasteiger partial charge in [0.1, 0.15) is 17.3 Å². The fourth-order valence-electron chi connectivity index (χ4n) is 2.81. The molecular weight excluding hydrogens is 400 g/mol. The van der Waals surface area contributed by atoms with Crippen LogP contribution in [-0.2, 0) is 6.54 Å². The van der Waals surface area contributed by atoms with E-state index >= 15 is 0 Å². The zero-order valence-corrected chi connectivity index (χ0v) is 15.6. The van der Waals surface area contributed by atoms with Crippen molar-refractivity contribution in [3.63, 3.8) is 0 Å². The van der Waals surface area contributed by atoms with Crippen LogP contribution in [0.15, 0.2) is 75.7 Å². The maximum atomic E-state index is 14.1. The summed E-state index contributed by atoms with van der Waals surface area (Å²) in [6.45, 7) is 0.288. The van der Waals surface area contributed by atoms with Crippen molar-refractivity contribution in [3.8, 4) is 11.3 Å². The zero-order valence-electron chi connectivity index (χ0n) is 14.8. The summed E-state index contributed by atoms with van der Waals surface area (Å²) in [7, 11) is 0. The van der Waals surface area contributed by atoms with E-state index in [-0.39, 0.29) is 17.9 Å². The van der Waals surface area contributed by atoms with Crippen LogP contribution in [-0.4, -0.2) is 9.49 Å². The van der Waals surface area contributed by atoms with Crippen LogP contribution >= 0.6 is 11.3 Å². The molecule has 6 nitrogen and oxygen atoms in total. The Hall–Kier alpha value is -3.59. The van der Waals surface area contributed by atoms with Gasteiger partial charge in [-0.25, -0.2) is 13.8 Å². The van der Waals surface area contributed by atoms with E-state index in [9.17, 15) is 18.9 Å². The van der Waals surface area contributed by atoms with Gasteiger partial charge >= 0.3 is 0 Å². The van der Waals surface area contributed by atoms with Gasteiger partial charge < -0.3 is 8.98 Å². The standard InChI is InChI=1S/C20H13F2N3O3S/c21-14-6-7-18(17(22)10-14)23-20-24(11-16-5-2-8-28-16)19(12-29-20)13-3-1-4-15(9-13)25(26)27/h1-10,12H,11H2. The molecule has 9 heteroatoms. The topological polar surface area (TPSA) is 73.6 Å². The van der Waals surface area contributed by atoms with Gasteiger partial charge in [-0.2, -0.15) is 0 Å². The van der Waals surface area contributed by atoms with Crippen molar-refractivity contribution in [2.75, 3.05) is 0 Å². The second-order valence-electron chi connectivity index (χ2n) is 6.08. The molecule has 0 aliphatic carbocycles. The lowest BCUT2D eigenvalue weighted by atomic mass is 10.1. The zero-order chi connectivity index (χ0) is 20.4. The van der Waals surface area contributed by atoms with Crippen molar-refractivity contribution >= 4 is 22.7 Å². The van der Waals surface area contributed by atoms with Crippen molar-refractivity contribution < 1.29 is 18.1 Å². The van der Waals surface area contributed by atoms with Crippen LogP contribution in [0.25, 0.3) is 11.3 Å². The van der Waals surface area contributed by atoms with Crippen LogP contribution < -0.4 is 4.80 Å². The maximum absolute atomic E-state index is 14.1. The van der Waals surface area contributed by atoms with Crippen LogP contribution in [0, 0.1) is 21.7 Å². The van der Waals surface area contributed by atoms with Crippen molar-refractivity contribution in [1.29, 1.82) is 0 Å². The molecule has 0 N–H and O–H groups in total. The molecule has 0 fully saturated rings. The van der Waals surface area contributed by atoms with Crippen molar-refractivity contribution in [2.24, 2.45) is 4.99 Å². The molecule has 2 aromatic carbocycles. The number of halogens is 2. The number of rotatable bonds is 5. The van der Waals surface area contributed by atoms with Crippen LogP contribution in [0.4, 0.5) is 20.2 Å². The third kappa shape index (κ3) is 3.99. The predicted octanol–water partition coefficient (Wildman–Crippen LogP) is 5.28. The van der Waals surface area contributed by atoms with Crippen LogP contribution in [0.2, 0.25) is 0 Å². The van der Waals surface area contributed by atoms with Crippen LogP contribution in [0.5, 0.6) is 0 Å². The number of nitro benzene ring substituents is 1. The van der Waals surface area contributed by atoms with Gasteiger partial charge in [0.25, 0.3) is 5.69 Å². The Morgan fingerprint density at radius 1 is 1.14 bits per heavy atom. The fourth-order valence-corrected chi connectivity index (χ4v) is 3.74. The second-order valence-corrected chi connectivity index (χ2v) is 6.92. The SMILES string of the molecule is O=[N+]([O-])c1cccc(-c2csc(=Nc3ccc(F)cc3F)n2Cc2ccco2)c1. The van der Waals surface area contributed by atoms with Crippen LogP contribution in [0.3, 0.4) is 0 Å². The van der Waals surface area contributed by atoms with E-state index in [0.717, 1.165) is 12.1 Å². The molecular formula is C20H13F2N3O3S. The number of non-ortho nitro benzene ring substituents is 1. The average molecular weight is 413 g/mol. The third-order valence-electron chi connectivity index (χ3n) is 4.17. The number of thiazole rings is 1. The smallest absolute Gasteiger partial charge is 0.270 e. The summed E-state index contributed by atoms with van der Waals surface area (Å²) in [5.74, 6) is -0.829. The molecule has 2 aromatic heterocycles. The maximum Gasteiger partial charge on any atom is 0.270 e. The molecule has 0 aliphatic heterocycles. The minimum Gasteiger partial charge on any atom is -0.467 e. The minimum atomic E-state index is -0.778. The Labute approximate surface area is 167 Å². The van der Waals surface area contributed by atoms with Crippen LogP contribution in [0.1, 0.15) is 5.76 Å². The van der Waals surface area contributed by atoms with E-state index in [4.69, 9.17) is 4.42 Å². The summed E-state index contributed by atoms with van der Waals surface area (Å²) in [6, 6.07) is 12.9. The van der Waals surface area contributed by atoms with Gasteiger partial charge in [-0.05, 0) is 24.3 Å². The Bertz CT molecular complexity index is 1250. The normalized spacial score (nSPS) is 11.7. The Kier molecular flexibility index (Phi) is 5.05. The summed E-state index contributed by atoms with van der Waals surface area (Å²) in [5, 5.41) is 12.9. The number of nitro groups is 1. The van der Waals surface area contributed by atoms with E-state index < -0.39 is 16.6 Å². The van der Waals surface area contributed by atoms with Gasteiger partial charge in [0.2, 0.25) is 0 Å². The van der Waals surface area contributed by atoms with E-state index in [2.05, 4.69) is 4.99 Å². The molecule has 0 bridgehead atoms. The van der Waals surface area contributed by atoms with E-state index in [1.54, 1.807) is 34.2 Å². The molecule has 146 valence electrons. The highest BCUT2D eigenvalue weighted by molar-refractivity contribution is 7.07. The molecule has 0 aliphatic rings. The Balaban J connectivity index is 1.87. The number of hydrogen-bond acceptors (Lipinski definition) is 5. The molecule has 0 radical (unpaired) electrons. The highest BCUT2D eigenvalue weighted by atomic mass is 32.1. The number of nitrogens with zero attached hydrogens (tertiary/aromatic N) is 3. The number of aromatic nitrogens is 1. The lowest BCUT2D eigenvalue weighted by Gasteiger charge is -2.08. The molecule has 29 heavy (non-hydrogen) atoms. The lowest BCUT2D eigenvalue weighted by molar-refractivity contribution is -0.384. The summed E-state index contributed by atoms with van der Waals surface area (Å²) < 4.78 is 34.5. The van der Waals surface area contributed by atoms with E-state index in [1.165, 1.54) is 35.8 Å². The first-order valence-corrected chi connectivity index (χ1v) is 9.34. The summed E-state index contributed by atoms with van der Waals surface area (Å²) in [6.07, 6.45) is 1.53. The summed E-state index contributed by atoms with van der Waals surface area (Å²) in [4.78, 5) is 15.4. The Morgan fingerprint density at radius 3 is 2.72 bits per heavy atom. The molecule has 4 rings (SSSR count). The average Bonchev–Trinajstić information content (AvgIpc) is 3.35. The van der Waals surface area contributed by atoms with Gasteiger partial charge in [-0.15, -0.1) is 11.3 Å².